The van der Waals surface area contributed by atoms with Crippen molar-refractivity contribution in [1.82, 2.24) is 29.5 Å². The van der Waals surface area contributed by atoms with Crippen LogP contribution in [0.5, 0.6) is 0 Å². The number of piperidine rings is 1. The van der Waals surface area contributed by atoms with Gasteiger partial charge in [-0.05, 0) is 39.1 Å². The molecule has 0 aliphatic carbocycles. The van der Waals surface area contributed by atoms with Gasteiger partial charge in [0.2, 0.25) is 0 Å². The Balaban J connectivity index is 1.74. The summed E-state index contributed by atoms with van der Waals surface area (Å²) in [6.45, 7) is 2.12. The molecule has 1 saturated heterocycles. The van der Waals surface area contributed by atoms with Crippen LogP contribution in [0.15, 0.2) is 18.3 Å². The molecule has 25 heavy (non-hydrogen) atoms. The number of pyridine rings is 1. The number of rotatable bonds is 4. The van der Waals surface area contributed by atoms with E-state index in [1.54, 1.807) is 12.1 Å². The van der Waals surface area contributed by atoms with Gasteiger partial charge in [0.25, 0.3) is 5.91 Å². The molecule has 1 atom stereocenters. The highest BCUT2D eigenvalue weighted by molar-refractivity contribution is 6.30. The Labute approximate surface area is 152 Å². The minimum atomic E-state index is -0.0583. The number of halogens is 1. The number of hydrogen-bond acceptors (Lipinski definition) is 5. The first-order chi connectivity index (χ1) is 12.0. The molecule has 0 bridgehead atoms. The molecule has 8 heteroatoms. The van der Waals surface area contributed by atoms with Crippen molar-refractivity contribution < 1.29 is 4.79 Å². The Bertz CT molecular complexity index is 742. The molecule has 0 N–H and O–H groups in total. The topological polar surface area (TPSA) is 67.2 Å². The van der Waals surface area contributed by atoms with Gasteiger partial charge >= 0.3 is 0 Å². The van der Waals surface area contributed by atoms with Crippen molar-refractivity contribution in [1.29, 1.82) is 0 Å². The first-order valence-electron chi connectivity index (χ1n) is 8.39. The summed E-state index contributed by atoms with van der Waals surface area (Å²) in [5.74, 6) is 2.01. The third kappa shape index (κ3) is 3.99. The molecule has 1 fully saturated rings. The van der Waals surface area contributed by atoms with Gasteiger partial charge in [0.1, 0.15) is 17.3 Å². The molecule has 1 aliphatic rings. The summed E-state index contributed by atoms with van der Waals surface area (Å²) in [6.07, 6.45) is 3.46. The fourth-order valence-electron chi connectivity index (χ4n) is 3.19. The van der Waals surface area contributed by atoms with Crippen LogP contribution in [0.3, 0.4) is 0 Å². The number of amides is 1. The van der Waals surface area contributed by atoms with E-state index >= 15 is 0 Å². The smallest absolute Gasteiger partial charge is 0.272 e. The minimum Gasteiger partial charge on any atom is -0.337 e. The van der Waals surface area contributed by atoms with E-state index in [0.29, 0.717) is 17.3 Å². The van der Waals surface area contributed by atoms with E-state index in [4.69, 9.17) is 11.6 Å². The van der Waals surface area contributed by atoms with Gasteiger partial charge in [0.05, 0.1) is 11.6 Å². The summed E-state index contributed by atoms with van der Waals surface area (Å²) in [5, 5.41) is 9.22. The van der Waals surface area contributed by atoms with Crippen LogP contribution < -0.4 is 0 Å². The largest absolute Gasteiger partial charge is 0.337 e. The van der Waals surface area contributed by atoms with Crippen LogP contribution >= 0.6 is 11.6 Å². The molecule has 3 heterocycles. The van der Waals surface area contributed by atoms with Gasteiger partial charge in [-0.3, -0.25) is 4.79 Å². The highest BCUT2D eigenvalue weighted by Gasteiger charge is 2.29. The second kappa shape index (κ2) is 7.49. The number of hydrogen-bond donors (Lipinski definition) is 0. The zero-order valence-electron chi connectivity index (χ0n) is 14.8. The number of aromatic nitrogens is 4. The second-order valence-electron chi connectivity index (χ2n) is 6.72. The van der Waals surface area contributed by atoms with E-state index in [-0.39, 0.29) is 11.8 Å². The number of likely N-dealkylation sites (tertiary alicyclic amines) is 1. The standard InChI is InChI=1S/C17H23ClN6O/c1-22(2)11-15-20-21-16(23(15)3)12-5-4-8-24(10-12)17(25)14-7-6-13(18)9-19-14/h6-7,9,12H,4-5,8,10-11H2,1-3H3. The SMILES string of the molecule is CN(C)Cc1nnc(C2CCCN(C(=O)c3ccc(Cl)cn3)C2)n1C. The fourth-order valence-corrected chi connectivity index (χ4v) is 3.30. The third-order valence-electron chi connectivity index (χ3n) is 4.48. The zero-order chi connectivity index (χ0) is 18.0. The van der Waals surface area contributed by atoms with Crippen LogP contribution in [-0.2, 0) is 13.6 Å². The van der Waals surface area contributed by atoms with Gasteiger partial charge in [-0.1, -0.05) is 11.6 Å². The molecule has 3 rings (SSSR count). The Morgan fingerprint density at radius 2 is 2.16 bits per heavy atom. The van der Waals surface area contributed by atoms with E-state index in [1.165, 1.54) is 6.20 Å². The third-order valence-corrected chi connectivity index (χ3v) is 4.70. The van der Waals surface area contributed by atoms with Gasteiger partial charge in [-0.2, -0.15) is 0 Å². The van der Waals surface area contributed by atoms with Crippen molar-refractivity contribution in [2.75, 3.05) is 27.2 Å². The quantitative estimate of drug-likeness (QED) is 0.831. The highest BCUT2D eigenvalue weighted by atomic mass is 35.5. The maximum Gasteiger partial charge on any atom is 0.272 e. The molecule has 0 radical (unpaired) electrons. The predicted molar refractivity (Wildman–Crippen MR) is 95.5 cm³/mol. The van der Waals surface area contributed by atoms with E-state index in [1.807, 2.05) is 26.0 Å². The lowest BCUT2D eigenvalue weighted by atomic mass is 9.97. The maximum absolute atomic E-state index is 12.7. The zero-order valence-corrected chi connectivity index (χ0v) is 15.6. The van der Waals surface area contributed by atoms with E-state index < -0.39 is 0 Å². The number of nitrogens with zero attached hydrogens (tertiary/aromatic N) is 6. The molecular formula is C17H23ClN6O. The lowest BCUT2D eigenvalue weighted by Crippen LogP contribution is -2.40. The van der Waals surface area contributed by atoms with Gasteiger partial charge in [0.15, 0.2) is 0 Å². The van der Waals surface area contributed by atoms with Crippen molar-refractivity contribution in [2.24, 2.45) is 7.05 Å². The summed E-state index contributed by atoms with van der Waals surface area (Å²) in [6, 6.07) is 3.37. The first kappa shape index (κ1) is 17.8. The molecule has 1 amide bonds. The molecule has 134 valence electrons. The Kier molecular flexibility index (Phi) is 5.34. The lowest BCUT2D eigenvalue weighted by Gasteiger charge is -2.32. The summed E-state index contributed by atoms with van der Waals surface area (Å²) in [7, 11) is 6.01. The normalized spacial score (nSPS) is 18.0. The molecule has 2 aromatic heterocycles. The van der Waals surface area contributed by atoms with Crippen molar-refractivity contribution in [3.8, 4) is 0 Å². The summed E-state index contributed by atoms with van der Waals surface area (Å²) < 4.78 is 2.05. The average Bonchev–Trinajstić information content (AvgIpc) is 2.95. The lowest BCUT2D eigenvalue weighted by molar-refractivity contribution is 0.0697. The summed E-state index contributed by atoms with van der Waals surface area (Å²) >= 11 is 5.85. The van der Waals surface area contributed by atoms with Gasteiger partial charge in [-0.25, -0.2) is 4.98 Å². The van der Waals surface area contributed by atoms with Crippen molar-refractivity contribution in [3.05, 3.63) is 40.7 Å². The van der Waals surface area contributed by atoms with Crippen LogP contribution in [0, 0.1) is 0 Å². The monoisotopic (exact) mass is 362 g/mol. The molecule has 2 aromatic rings. The van der Waals surface area contributed by atoms with Crippen LogP contribution in [0.1, 0.15) is 40.9 Å². The Hall–Kier alpha value is -1.99. The Morgan fingerprint density at radius 1 is 1.36 bits per heavy atom. The van der Waals surface area contributed by atoms with Gasteiger partial charge in [0, 0.05) is 32.3 Å². The van der Waals surface area contributed by atoms with Crippen molar-refractivity contribution in [2.45, 2.75) is 25.3 Å². The summed E-state index contributed by atoms with van der Waals surface area (Å²) in [4.78, 5) is 20.8. The fraction of sp³-hybridized carbons (Fsp3) is 0.529. The van der Waals surface area contributed by atoms with Crippen LogP contribution in [0.4, 0.5) is 0 Å². The highest BCUT2D eigenvalue weighted by Crippen LogP contribution is 2.26. The average molecular weight is 363 g/mol. The van der Waals surface area contributed by atoms with Gasteiger partial charge < -0.3 is 14.4 Å². The van der Waals surface area contributed by atoms with Crippen LogP contribution in [0.2, 0.25) is 5.02 Å². The second-order valence-corrected chi connectivity index (χ2v) is 7.16. The van der Waals surface area contributed by atoms with E-state index in [2.05, 4.69) is 24.6 Å². The van der Waals surface area contributed by atoms with Crippen molar-refractivity contribution in [3.63, 3.8) is 0 Å². The van der Waals surface area contributed by atoms with Crippen molar-refractivity contribution >= 4 is 17.5 Å². The van der Waals surface area contributed by atoms with E-state index in [9.17, 15) is 4.79 Å². The molecule has 0 saturated carbocycles. The maximum atomic E-state index is 12.7. The van der Waals surface area contributed by atoms with Crippen LogP contribution in [-0.4, -0.2) is 62.6 Å². The molecule has 1 unspecified atom stereocenters. The minimum absolute atomic E-state index is 0.0583. The molecule has 1 aliphatic heterocycles. The van der Waals surface area contributed by atoms with E-state index in [0.717, 1.165) is 37.6 Å². The van der Waals surface area contributed by atoms with Gasteiger partial charge in [-0.15, -0.1) is 10.2 Å². The van der Waals surface area contributed by atoms with Crippen LogP contribution in [0.25, 0.3) is 0 Å². The first-order valence-corrected chi connectivity index (χ1v) is 8.77. The molecule has 0 aromatic carbocycles. The number of carbonyl (C=O) groups is 1. The summed E-state index contributed by atoms with van der Waals surface area (Å²) in [5.41, 5.74) is 0.427. The molecular weight excluding hydrogens is 340 g/mol. The molecule has 0 spiro atoms. The predicted octanol–water partition coefficient (Wildman–Crippen LogP) is 1.94. The number of carbonyl (C=O) groups excluding carboxylic acids is 1. The Morgan fingerprint density at radius 3 is 2.84 bits per heavy atom. The molecule has 7 nitrogen and oxygen atoms in total.